The molecule has 1 saturated heterocycles. The van der Waals surface area contributed by atoms with Gasteiger partial charge in [0.05, 0.1) is 6.54 Å². The lowest BCUT2D eigenvalue weighted by molar-refractivity contribution is 0.160. The second kappa shape index (κ2) is 2.33. The van der Waals surface area contributed by atoms with Crippen LogP contribution in [-0.2, 0) is 4.74 Å². The van der Waals surface area contributed by atoms with Crippen molar-refractivity contribution in [3.63, 3.8) is 0 Å². The van der Waals surface area contributed by atoms with Gasteiger partial charge in [0, 0.05) is 6.04 Å². The molecule has 0 aromatic heterocycles. The Morgan fingerprint density at radius 2 is 2.30 bits per heavy atom. The largest absolute Gasteiger partial charge is 0.415 e. The van der Waals surface area contributed by atoms with Crippen molar-refractivity contribution in [2.24, 2.45) is 0 Å². The SMILES string of the molecule is C=C1CN(C(C)C)C(=O)O1. The first-order valence-corrected chi connectivity index (χ1v) is 3.27. The van der Waals surface area contributed by atoms with Crippen molar-refractivity contribution >= 4 is 6.09 Å². The number of ether oxygens (including phenoxy) is 1. The van der Waals surface area contributed by atoms with E-state index in [1.54, 1.807) is 4.90 Å². The number of hydrogen-bond acceptors (Lipinski definition) is 2. The van der Waals surface area contributed by atoms with Gasteiger partial charge in [-0.15, -0.1) is 0 Å². The number of rotatable bonds is 1. The lowest BCUT2D eigenvalue weighted by atomic mass is 10.3. The highest BCUT2D eigenvalue weighted by Crippen LogP contribution is 2.14. The monoisotopic (exact) mass is 141 g/mol. The summed E-state index contributed by atoms with van der Waals surface area (Å²) in [6.07, 6.45) is -0.278. The maximum Gasteiger partial charge on any atom is 0.415 e. The van der Waals surface area contributed by atoms with Crippen LogP contribution in [0.2, 0.25) is 0 Å². The second-order valence-electron chi connectivity index (χ2n) is 2.63. The third-order valence-corrected chi connectivity index (χ3v) is 1.44. The third-order valence-electron chi connectivity index (χ3n) is 1.44. The quantitative estimate of drug-likeness (QED) is 0.551. The summed E-state index contributed by atoms with van der Waals surface area (Å²) in [5.41, 5.74) is 0. The standard InChI is InChI=1S/C7H11NO2/c1-5(2)8-4-6(3)10-7(8)9/h5H,3-4H2,1-2H3. The minimum Gasteiger partial charge on any atom is -0.413 e. The summed E-state index contributed by atoms with van der Waals surface area (Å²) in [6, 6.07) is 0.201. The highest BCUT2D eigenvalue weighted by Gasteiger charge is 2.27. The molecular formula is C7H11NO2. The Hall–Kier alpha value is -0.990. The van der Waals surface area contributed by atoms with E-state index in [1.165, 1.54) is 0 Å². The maximum absolute atomic E-state index is 10.9. The Kier molecular flexibility index (Phi) is 1.66. The Labute approximate surface area is 60.3 Å². The van der Waals surface area contributed by atoms with E-state index >= 15 is 0 Å². The van der Waals surface area contributed by atoms with Crippen molar-refractivity contribution in [1.82, 2.24) is 4.90 Å². The number of cyclic esters (lactones) is 1. The molecule has 1 heterocycles. The number of hydrogen-bond donors (Lipinski definition) is 0. The molecule has 3 nitrogen and oxygen atoms in total. The van der Waals surface area contributed by atoms with Crippen LogP contribution < -0.4 is 0 Å². The minimum absolute atomic E-state index is 0.201. The first-order chi connectivity index (χ1) is 4.61. The molecule has 0 N–H and O–H groups in total. The van der Waals surface area contributed by atoms with Crippen molar-refractivity contribution in [3.8, 4) is 0 Å². The topological polar surface area (TPSA) is 29.5 Å². The van der Waals surface area contributed by atoms with Gasteiger partial charge in [-0.1, -0.05) is 6.58 Å². The fraction of sp³-hybridized carbons (Fsp3) is 0.571. The van der Waals surface area contributed by atoms with E-state index in [0.29, 0.717) is 12.3 Å². The molecular weight excluding hydrogens is 130 g/mol. The fourth-order valence-electron chi connectivity index (χ4n) is 0.862. The molecule has 1 fully saturated rings. The summed E-state index contributed by atoms with van der Waals surface area (Å²) in [5.74, 6) is 0.540. The van der Waals surface area contributed by atoms with E-state index in [-0.39, 0.29) is 12.1 Å². The van der Waals surface area contributed by atoms with Crippen LogP contribution in [-0.4, -0.2) is 23.6 Å². The summed E-state index contributed by atoms with van der Waals surface area (Å²) in [7, 11) is 0. The Morgan fingerprint density at radius 3 is 2.50 bits per heavy atom. The second-order valence-corrected chi connectivity index (χ2v) is 2.63. The highest BCUT2D eigenvalue weighted by molar-refractivity contribution is 5.72. The summed E-state index contributed by atoms with van der Waals surface area (Å²) < 4.78 is 4.73. The Morgan fingerprint density at radius 1 is 1.70 bits per heavy atom. The van der Waals surface area contributed by atoms with Crippen molar-refractivity contribution < 1.29 is 9.53 Å². The van der Waals surface area contributed by atoms with Gasteiger partial charge >= 0.3 is 6.09 Å². The van der Waals surface area contributed by atoms with E-state index < -0.39 is 0 Å². The summed E-state index contributed by atoms with van der Waals surface area (Å²) in [5, 5.41) is 0. The zero-order valence-electron chi connectivity index (χ0n) is 6.26. The fourth-order valence-corrected chi connectivity index (χ4v) is 0.862. The molecule has 0 bridgehead atoms. The average molecular weight is 141 g/mol. The smallest absolute Gasteiger partial charge is 0.413 e. The molecule has 0 aliphatic carbocycles. The number of amides is 1. The van der Waals surface area contributed by atoms with Crippen LogP contribution >= 0.6 is 0 Å². The van der Waals surface area contributed by atoms with Crippen molar-refractivity contribution in [2.45, 2.75) is 19.9 Å². The molecule has 0 saturated carbocycles. The van der Waals surface area contributed by atoms with Gasteiger partial charge in [-0.2, -0.15) is 0 Å². The van der Waals surface area contributed by atoms with E-state index in [2.05, 4.69) is 6.58 Å². The highest BCUT2D eigenvalue weighted by atomic mass is 16.6. The van der Waals surface area contributed by atoms with E-state index in [4.69, 9.17) is 4.74 Å². The van der Waals surface area contributed by atoms with Crippen molar-refractivity contribution in [1.29, 1.82) is 0 Å². The zero-order chi connectivity index (χ0) is 7.72. The van der Waals surface area contributed by atoms with Gasteiger partial charge in [-0.25, -0.2) is 4.79 Å². The predicted octanol–water partition coefficient (Wildman–Crippen LogP) is 1.36. The van der Waals surface area contributed by atoms with Gasteiger partial charge in [0.2, 0.25) is 0 Å². The predicted molar refractivity (Wildman–Crippen MR) is 37.5 cm³/mol. The van der Waals surface area contributed by atoms with Crippen LogP contribution in [0.5, 0.6) is 0 Å². The van der Waals surface area contributed by atoms with Crippen molar-refractivity contribution in [2.75, 3.05) is 6.54 Å². The number of carbonyl (C=O) groups is 1. The van der Waals surface area contributed by atoms with Crippen LogP contribution in [0.15, 0.2) is 12.3 Å². The van der Waals surface area contributed by atoms with E-state index in [1.807, 2.05) is 13.8 Å². The van der Waals surface area contributed by atoms with Crippen molar-refractivity contribution in [3.05, 3.63) is 12.3 Å². The molecule has 0 aromatic rings. The molecule has 1 aliphatic rings. The minimum atomic E-state index is -0.278. The van der Waals surface area contributed by atoms with Crippen LogP contribution in [0.1, 0.15) is 13.8 Å². The molecule has 56 valence electrons. The van der Waals surface area contributed by atoms with Crippen LogP contribution in [0.4, 0.5) is 4.79 Å². The molecule has 0 aromatic carbocycles. The summed E-state index contributed by atoms with van der Waals surface area (Å²) >= 11 is 0. The van der Waals surface area contributed by atoms with Gasteiger partial charge in [0.1, 0.15) is 5.76 Å². The molecule has 0 unspecified atom stereocenters. The molecule has 0 atom stereocenters. The maximum atomic E-state index is 10.9. The summed E-state index contributed by atoms with van der Waals surface area (Å²) in [4.78, 5) is 12.5. The van der Waals surface area contributed by atoms with Gasteiger partial charge in [-0.05, 0) is 13.8 Å². The number of carbonyl (C=O) groups excluding carboxylic acids is 1. The molecule has 10 heavy (non-hydrogen) atoms. The number of nitrogens with zero attached hydrogens (tertiary/aromatic N) is 1. The molecule has 0 spiro atoms. The van der Waals surface area contributed by atoms with Crippen LogP contribution in [0.25, 0.3) is 0 Å². The van der Waals surface area contributed by atoms with Gasteiger partial charge in [-0.3, -0.25) is 4.90 Å². The zero-order valence-corrected chi connectivity index (χ0v) is 6.26. The van der Waals surface area contributed by atoms with Gasteiger partial charge < -0.3 is 4.74 Å². The van der Waals surface area contributed by atoms with E-state index in [9.17, 15) is 4.79 Å². The Balaban J connectivity index is 2.63. The lowest BCUT2D eigenvalue weighted by Gasteiger charge is -2.15. The lowest BCUT2D eigenvalue weighted by Crippen LogP contribution is -2.31. The van der Waals surface area contributed by atoms with Crippen LogP contribution in [0, 0.1) is 0 Å². The molecule has 1 rings (SSSR count). The van der Waals surface area contributed by atoms with E-state index in [0.717, 1.165) is 0 Å². The molecule has 3 heteroatoms. The third kappa shape index (κ3) is 1.12. The first-order valence-electron chi connectivity index (χ1n) is 3.27. The first kappa shape index (κ1) is 7.12. The Bertz CT molecular complexity index is 174. The summed E-state index contributed by atoms with van der Waals surface area (Å²) in [6.45, 7) is 7.98. The van der Waals surface area contributed by atoms with Crippen LogP contribution in [0.3, 0.4) is 0 Å². The molecule has 1 amide bonds. The molecule has 0 radical (unpaired) electrons. The molecule has 1 aliphatic heterocycles. The normalized spacial score (nSPS) is 18.5. The average Bonchev–Trinajstić information content (AvgIpc) is 2.10. The van der Waals surface area contributed by atoms with Gasteiger partial charge in [0.25, 0.3) is 0 Å². The van der Waals surface area contributed by atoms with Gasteiger partial charge in [0.15, 0.2) is 0 Å².